The van der Waals surface area contributed by atoms with E-state index in [4.69, 9.17) is 46.4 Å². The minimum atomic E-state index is -0.729. The molecule has 152 valence electrons. The molecule has 0 fully saturated rings. The molecular weight excluding hydrogens is 438 g/mol. The molecule has 0 amide bonds. The quantitative estimate of drug-likeness (QED) is 0.271. The summed E-state index contributed by atoms with van der Waals surface area (Å²) >= 11 is 21.5. The van der Waals surface area contributed by atoms with E-state index >= 15 is 0 Å². The maximum absolute atomic E-state index is 11.0. The average Bonchev–Trinajstić information content (AvgIpc) is 2.63. The second-order valence-corrected chi connectivity index (χ2v) is 7.62. The second-order valence-electron chi connectivity index (χ2n) is 6.11. The number of carbonyl (C=O) groups excluding carboxylic acids is 2. The smallest absolute Gasteiger partial charge is 0.219 e. The van der Waals surface area contributed by atoms with Crippen LogP contribution in [-0.2, 0) is 9.59 Å². The zero-order valence-electron chi connectivity index (χ0n) is 15.6. The lowest BCUT2D eigenvalue weighted by Gasteiger charge is -2.08. The Morgan fingerprint density at radius 2 is 0.536 bits per heavy atom. The van der Waals surface area contributed by atoms with Crippen molar-refractivity contribution in [2.75, 3.05) is 0 Å². The van der Waals surface area contributed by atoms with Gasteiger partial charge in [0.05, 0.1) is 0 Å². The topological polar surface area (TPSA) is 34.1 Å². The SMILES string of the molecule is C1=C\CC/C=C\CC/1.C1=C\CC/C=C\CC/1.O=C1C(Cl)=C(Cl)C(=O)C(Cl)=C1Cl. The summed E-state index contributed by atoms with van der Waals surface area (Å²) in [5.41, 5.74) is 0. The lowest BCUT2D eigenvalue weighted by molar-refractivity contribution is -0.114. The highest BCUT2D eigenvalue weighted by molar-refractivity contribution is 6.69. The van der Waals surface area contributed by atoms with Gasteiger partial charge in [0.15, 0.2) is 0 Å². The first-order chi connectivity index (χ1) is 13.5. The van der Waals surface area contributed by atoms with Gasteiger partial charge < -0.3 is 0 Å². The number of Topliss-reactive ketones (excluding diaryl/α,β-unsaturated/α-hetero) is 2. The summed E-state index contributed by atoms with van der Waals surface area (Å²) in [5.74, 6) is -1.46. The molecule has 0 bridgehead atoms. The maximum Gasteiger partial charge on any atom is 0.219 e. The fourth-order valence-corrected chi connectivity index (χ4v) is 3.12. The molecule has 6 heteroatoms. The summed E-state index contributed by atoms with van der Waals surface area (Å²) in [6, 6.07) is 0. The Bertz CT molecular complexity index is 583. The average molecular weight is 462 g/mol. The molecule has 0 saturated carbocycles. The van der Waals surface area contributed by atoms with Crippen LogP contribution in [0.1, 0.15) is 51.4 Å². The second kappa shape index (κ2) is 14.9. The van der Waals surface area contributed by atoms with Crippen molar-refractivity contribution in [1.82, 2.24) is 0 Å². The zero-order valence-corrected chi connectivity index (χ0v) is 18.6. The van der Waals surface area contributed by atoms with Gasteiger partial charge in [-0.3, -0.25) is 9.59 Å². The molecule has 0 heterocycles. The molecule has 0 aromatic heterocycles. The van der Waals surface area contributed by atoms with Crippen molar-refractivity contribution < 1.29 is 9.59 Å². The summed E-state index contributed by atoms with van der Waals surface area (Å²) in [4.78, 5) is 22.0. The molecule has 2 nitrogen and oxygen atoms in total. The van der Waals surface area contributed by atoms with E-state index in [-0.39, 0.29) is 0 Å². The van der Waals surface area contributed by atoms with Gasteiger partial charge in [0.25, 0.3) is 0 Å². The summed E-state index contributed by atoms with van der Waals surface area (Å²) in [6.45, 7) is 0. The number of hydrogen-bond acceptors (Lipinski definition) is 2. The first-order valence-electron chi connectivity index (χ1n) is 9.26. The largest absolute Gasteiger partial charge is 0.286 e. The molecule has 3 aliphatic carbocycles. The molecular formula is C22H24Cl4O2. The first-order valence-corrected chi connectivity index (χ1v) is 10.8. The van der Waals surface area contributed by atoms with Gasteiger partial charge >= 0.3 is 0 Å². The van der Waals surface area contributed by atoms with E-state index in [1.165, 1.54) is 51.4 Å². The van der Waals surface area contributed by atoms with Crippen molar-refractivity contribution in [2.45, 2.75) is 51.4 Å². The molecule has 0 aromatic carbocycles. The van der Waals surface area contributed by atoms with E-state index in [0.29, 0.717) is 0 Å². The van der Waals surface area contributed by atoms with Crippen LogP contribution in [0.2, 0.25) is 0 Å². The van der Waals surface area contributed by atoms with Crippen molar-refractivity contribution in [3.05, 3.63) is 68.7 Å². The first kappa shape index (κ1) is 25.0. The maximum atomic E-state index is 11.0. The third-order valence-corrected chi connectivity index (χ3v) is 5.49. The number of allylic oxidation sites excluding steroid dienone is 12. The Labute approximate surface area is 187 Å². The van der Waals surface area contributed by atoms with Crippen LogP contribution in [0.5, 0.6) is 0 Å². The Kier molecular flexibility index (Phi) is 13.3. The molecule has 0 radical (unpaired) electrons. The predicted molar refractivity (Wildman–Crippen MR) is 121 cm³/mol. The Balaban J connectivity index is 0.000000217. The van der Waals surface area contributed by atoms with E-state index in [2.05, 4.69) is 48.6 Å². The van der Waals surface area contributed by atoms with Crippen LogP contribution in [0, 0.1) is 0 Å². The summed E-state index contributed by atoms with van der Waals surface area (Å²) < 4.78 is 0. The molecule has 0 atom stereocenters. The summed E-state index contributed by atoms with van der Waals surface area (Å²) in [7, 11) is 0. The summed E-state index contributed by atoms with van der Waals surface area (Å²) in [6.07, 6.45) is 28.0. The number of rotatable bonds is 0. The lowest BCUT2D eigenvalue weighted by atomic mass is 10.1. The van der Waals surface area contributed by atoms with Crippen molar-refractivity contribution in [3.63, 3.8) is 0 Å². The lowest BCUT2D eigenvalue weighted by Crippen LogP contribution is -2.14. The van der Waals surface area contributed by atoms with Crippen LogP contribution in [0.4, 0.5) is 0 Å². The monoisotopic (exact) mass is 460 g/mol. The minimum Gasteiger partial charge on any atom is -0.286 e. The van der Waals surface area contributed by atoms with Crippen LogP contribution in [-0.4, -0.2) is 11.6 Å². The van der Waals surface area contributed by atoms with Crippen LogP contribution >= 0.6 is 46.4 Å². The molecule has 3 rings (SSSR count). The molecule has 28 heavy (non-hydrogen) atoms. The minimum absolute atomic E-state index is 0.393. The third kappa shape index (κ3) is 9.43. The van der Waals surface area contributed by atoms with Gasteiger partial charge in [-0.1, -0.05) is 95.0 Å². The van der Waals surface area contributed by atoms with Gasteiger partial charge in [-0.25, -0.2) is 0 Å². The van der Waals surface area contributed by atoms with Gasteiger partial charge in [0, 0.05) is 0 Å². The molecule has 0 aliphatic heterocycles. The highest BCUT2D eigenvalue weighted by Gasteiger charge is 2.31. The van der Waals surface area contributed by atoms with E-state index in [9.17, 15) is 9.59 Å². The fourth-order valence-electron chi connectivity index (χ4n) is 2.30. The van der Waals surface area contributed by atoms with E-state index in [1.807, 2.05) is 0 Å². The van der Waals surface area contributed by atoms with Gasteiger partial charge in [-0.15, -0.1) is 0 Å². The number of ketones is 2. The number of carbonyl (C=O) groups is 2. The highest BCUT2D eigenvalue weighted by Crippen LogP contribution is 2.32. The van der Waals surface area contributed by atoms with Gasteiger partial charge in [-0.2, -0.15) is 0 Å². The van der Waals surface area contributed by atoms with Crippen molar-refractivity contribution >= 4 is 58.0 Å². The summed E-state index contributed by atoms with van der Waals surface area (Å²) in [5, 5.41) is -1.57. The van der Waals surface area contributed by atoms with Crippen molar-refractivity contribution in [2.24, 2.45) is 0 Å². The normalized spacial score (nSPS) is 24.3. The molecule has 0 aromatic rings. The van der Waals surface area contributed by atoms with Crippen LogP contribution in [0.3, 0.4) is 0 Å². The Hall–Kier alpha value is -1.06. The molecule has 3 aliphatic rings. The van der Waals surface area contributed by atoms with Gasteiger partial charge in [-0.05, 0) is 51.4 Å². The molecule has 0 N–H and O–H groups in total. The molecule has 0 spiro atoms. The van der Waals surface area contributed by atoms with Crippen molar-refractivity contribution in [1.29, 1.82) is 0 Å². The predicted octanol–water partition coefficient (Wildman–Crippen LogP) is 7.86. The van der Waals surface area contributed by atoms with Gasteiger partial charge in [0.2, 0.25) is 11.6 Å². The van der Waals surface area contributed by atoms with Crippen molar-refractivity contribution in [3.8, 4) is 0 Å². The van der Waals surface area contributed by atoms with Gasteiger partial charge in [0.1, 0.15) is 20.1 Å². The van der Waals surface area contributed by atoms with Crippen LogP contribution in [0.15, 0.2) is 68.7 Å². The number of hydrogen-bond donors (Lipinski definition) is 0. The Morgan fingerprint density at radius 1 is 0.393 bits per heavy atom. The van der Waals surface area contributed by atoms with E-state index in [1.54, 1.807) is 0 Å². The van der Waals surface area contributed by atoms with E-state index < -0.39 is 31.7 Å². The molecule has 0 unspecified atom stereocenters. The molecule has 0 saturated heterocycles. The standard InChI is InChI=1S/2C8H12.C6Cl4O2/c2*1-2-4-6-8-7-5-3-1;7-1-2(8)6(12)4(10)3(9)5(1)11/h2*1-2,7-8H,3-6H2;/b2*2-1-,8-7-;. The van der Waals surface area contributed by atoms with Crippen LogP contribution < -0.4 is 0 Å². The van der Waals surface area contributed by atoms with Crippen LogP contribution in [0.25, 0.3) is 0 Å². The third-order valence-electron chi connectivity index (χ3n) is 3.85. The van der Waals surface area contributed by atoms with E-state index in [0.717, 1.165) is 0 Å². The zero-order chi connectivity index (χ0) is 20.8. The highest BCUT2D eigenvalue weighted by atomic mass is 35.5. The number of halogens is 4. The fraction of sp³-hybridized carbons (Fsp3) is 0.364. The Morgan fingerprint density at radius 3 is 0.679 bits per heavy atom.